The third-order valence-electron chi connectivity index (χ3n) is 3.49. The van der Waals surface area contributed by atoms with Gasteiger partial charge in [0.2, 0.25) is 0 Å². The van der Waals surface area contributed by atoms with Crippen molar-refractivity contribution in [2.24, 2.45) is 0 Å². The van der Waals surface area contributed by atoms with Crippen LogP contribution in [0.15, 0.2) is 23.2 Å². The second kappa shape index (κ2) is 5.88. The maximum Gasteiger partial charge on any atom is 0.179 e. The third-order valence-corrected chi connectivity index (χ3v) is 4.61. The van der Waals surface area contributed by atoms with Crippen molar-refractivity contribution >= 4 is 15.7 Å². The Morgan fingerprint density at radius 2 is 2.32 bits per heavy atom. The summed E-state index contributed by atoms with van der Waals surface area (Å²) in [6, 6.07) is 3.54. The van der Waals surface area contributed by atoms with Crippen molar-refractivity contribution in [2.75, 3.05) is 24.3 Å². The van der Waals surface area contributed by atoms with E-state index in [1.54, 1.807) is 18.3 Å². The first-order valence-corrected chi connectivity index (χ1v) is 8.46. The van der Waals surface area contributed by atoms with Gasteiger partial charge in [-0.2, -0.15) is 0 Å². The molecule has 0 amide bonds. The molecule has 2 heterocycles. The number of aliphatic hydroxyl groups excluding tert-OH is 1. The number of pyridine rings is 1. The molecule has 0 bridgehead atoms. The fourth-order valence-electron chi connectivity index (χ4n) is 2.63. The number of hydrogen-bond donors (Lipinski definition) is 1. The lowest BCUT2D eigenvalue weighted by molar-refractivity contribution is 0.279. The highest BCUT2D eigenvalue weighted by molar-refractivity contribution is 7.90. The SMILES string of the molecule is CS(=O)(=O)c1cccnc1N1CCCC1CCCO. The van der Waals surface area contributed by atoms with E-state index in [2.05, 4.69) is 9.88 Å². The fraction of sp³-hybridized carbons (Fsp3) is 0.615. The second-order valence-corrected chi connectivity index (χ2v) is 6.94. The summed E-state index contributed by atoms with van der Waals surface area (Å²) in [6.45, 7) is 1.00. The summed E-state index contributed by atoms with van der Waals surface area (Å²) in [5, 5.41) is 8.94. The molecule has 1 aromatic rings. The molecule has 1 aliphatic heterocycles. The lowest BCUT2D eigenvalue weighted by Crippen LogP contribution is -2.31. The van der Waals surface area contributed by atoms with Gasteiger partial charge in [-0.25, -0.2) is 13.4 Å². The lowest BCUT2D eigenvalue weighted by Gasteiger charge is -2.27. The Kier molecular flexibility index (Phi) is 4.42. The van der Waals surface area contributed by atoms with Crippen LogP contribution >= 0.6 is 0 Å². The van der Waals surface area contributed by atoms with E-state index in [4.69, 9.17) is 5.11 Å². The molecule has 1 fully saturated rings. The Labute approximate surface area is 114 Å². The number of aromatic nitrogens is 1. The number of hydrogen-bond acceptors (Lipinski definition) is 5. The van der Waals surface area contributed by atoms with Crippen molar-refractivity contribution in [1.29, 1.82) is 0 Å². The molecule has 1 atom stereocenters. The first-order valence-electron chi connectivity index (χ1n) is 6.56. The van der Waals surface area contributed by atoms with E-state index in [-0.39, 0.29) is 12.6 Å². The Morgan fingerprint density at radius 3 is 3.00 bits per heavy atom. The maximum atomic E-state index is 11.8. The molecule has 2 rings (SSSR count). The number of sulfone groups is 1. The van der Waals surface area contributed by atoms with Crippen molar-refractivity contribution < 1.29 is 13.5 Å². The average molecular weight is 284 g/mol. The summed E-state index contributed by atoms with van der Waals surface area (Å²) in [6.07, 6.45) is 6.52. The van der Waals surface area contributed by atoms with Gasteiger partial charge in [0.05, 0.1) is 0 Å². The molecule has 1 saturated heterocycles. The van der Waals surface area contributed by atoms with Gasteiger partial charge in [-0.05, 0) is 37.8 Å². The molecular weight excluding hydrogens is 264 g/mol. The van der Waals surface area contributed by atoms with Crippen LogP contribution in [-0.2, 0) is 9.84 Å². The average Bonchev–Trinajstić information content (AvgIpc) is 2.83. The van der Waals surface area contributed by atoms with Crippen LogP contribution < -0.4 is 4.90 Å². The van der Waals surface area contributed by atoms with E-state index in [0.717, 1.165) is 32.2 Å². The maximum absolute atomic E-state index is 11.8. The number of nitrogens with zero attached hydrogens (tertiary/aromatic N) is 2. The zero-order chi connectivity index (χ0) is 13.9. The number of aliphatic hydroxyl groups is 1. The van der Waals surface area contributed by atoms with Crippen molar-refractivity contribution in [3.8, 4) is 0 Å². The standard InChI is InChI=1S/C13H20N2O3S/c1-19(17,18)12-7-2-8-14-13(12)15-9-3-5-11(15)6-4-10-16/h2,7-8,11,16H,3-6,9-10H2,1H3. The van der Waals surface area contributed by atoms with E-state index in [9.17, 15) is 8.42 Å². The monoisotopic (exact) mass is 284 g/mol. The van der Waals surface area contributed by atoms with Gasteiger partial charge in [-0.1, -0.05) is 0 Å². The normalized spacial score (nSPS) is 19.9. The zero-order valence-corrected chi connectivity index (χ0v) is 11.9. The smallest absolute Gasteiger partial charge is 0.179 e. The van der Waals surface area contributed by atoms with Crippen molar-refractivity contribution in [1.82, 2.24) is 4.98 Å². The molecule has 1 aliphatic rings. The minimum atomic E-state index is -3.27. The predicted molar refractivity (Wildman–Crippen MR) is 74.0 cm³/mol. The van der Waals surface area contributed by atoms with E-state index >= 15 is 0 Å². The van der Waals surface area contributed by atoms with Crippen LogP contribution in [0.2, 0.25) is 0 Å². The van der Waals surface area contributed by atoms with Gasteiger partial charge >= 0.3 is 0 Å². The highest BCUT2D eigenvalue weighted by atomic mass is 32.2. The molecule has 5 nitrogen and oxygen atoms in total. The molecule has 6 heteroatoms. The largest absolute Gasteiger partial charge is 0.396 e. The molecule has 0 aromatic carbocycles. The van der Waals surface area contributed by atoms with Crippen LogP contribution in [0.4, 0.5) is 5.82 Å². The van der Waals surface area contributed by atoms with Gasteiger partial charge in [0.25, 0.3) is 0 Å². The van der Waals surface area contributed by atoms with Gasteiger partial charge in [0.1, 0.15) is 10.7 Å². The minimum absolute atomic E-state index is 0.172. The van der Waals surface area contributed by atoms with Crippen LogP contribution in [0, 0.1) is 0 Å². The molecule has 1 unspecified atom stereocenters. The summed E-state index contributed by atoms with van der Waals surface area (Å²) in [4.78, 5) is 6.64. The van der Waals surface area contributed by atoms with Crippen molar-refractivity contribution in [2.45, 2.75) is 36.6 Å². The summed E-state index contributed by atoms with van der Waals surface area (Å²) in [5.41, 5.74) is 0. The zero-order valence-electron chi connectivity index (χ0n) is 11.1. The van der Waals surface area contributed by atoms with Gasteiger partial charge in [-0.15, -0.1) is 0 Å². The van der Waals surface area contributed by atoms with Crippen LogP contribution in [-0.4, -0.2) is 44.0 Å². The quantitative estimate of drug-likeness (QED) is 0.880. The topological polar surface area (TPSA) is 70.5 Å². The Hall–Kier alpha value is -1.14. The molecule has 1 N–H and O–H groups in total. The Bertz CT molecular complexity index is 530. The molecule has 0 saturated carbocycles. The molecule has 0 radical (unpaired) electrons. The van der Waals surface area contributed by atoms with Gasteiger partial charge < -0.3 is 10.0 Å². The van der Waals surface area contributed by atoms with Gasteiger partial charge in [-0.3, -0.25) is 0 Å². The third kappa shape index (κ3) is 3.25. The first kappa shape index (κ1) is 14.3. The first-order chi connectivity index (χ1) is 9.04. The fourth-order valence-corrected chi connectivity index (χ4v) is 3.46. The summed E-state index contributed by atoms with van der Waals surface area (Å²) < 4.78 is 23.6. The van der Waals surface area contributed by atoms with E-state index in [1.807, 2.05) is 0 Å². The highest BCUT2D eigenvalue weighted by Crippen LogP contribution is 2.31. The summed E-state index contributed by atoms with van der Waals surface area (Å²) in [7, 11) is -3.27. The molecule has 106 valence electrons. The highest BCUT2D eigenvalue weighted by Gasteiger charge is 2.28. The Morgan fingerprint density at radius 1 is 1.53 bits per heavy atom. The Balaban J connectivity index is 2.31. The summed E-state index contributed by atoms with van der Waals surface area (Å²) in [5.74, 6) is 0.561. The van der Waals surface area contributed by atoms with E-state index in [0.29, 0.717) is 10.7 Å². The second-order valence-electron chi connectivity index (χ2n) is 4.95. The molecule has 0 aliphatic carbocycles. The number of rotatable bonds is 5. The van der Waals surface area contributed by atoms with E-state index < -0.39 is 9.84 Å². The molecule has 0 spiro atoms. The van der Waals surface area contributed by atoms with Gasteiger partial charge in [0, 0.05) is 31.6 Å². The van der Waals surface area contributed by atoms with Crippen LogP contribution in [0.25, 0.3) is 0 Å². The van der Waals surface area contributed by atoms with Gasteiger partial charge in [0.15, 0.2) is 9.84 Å². The van der Waals surface area contributed by atoms with Crippen LogP contribution in [0.5, 0.6) is 0 Å². The van der Waals surface area contributed by atoms with Crippen molar-refractivity contribution in [3.05, 3.63) is 18.3 Å². The lowest BCUT2D eigenvalue weighted by atomic mass is 10.1. The minimum Gasteiger partial charge on any atom is -0.396 e. The van der Waals surface area contributed by atoms with Crippen LogP contribution in [0.1, 0.15) is 25.7 Å². The molecular formula is C13H20N2O3S. The molecule has 1 aromatic heterocycles. The number of anilines is 1. The van der Waals surface area contributed by atoms with Crippen molar-refractivity contribution in [3.63, 3.8) is 0 Å². The van der Waals surface area contributed by atoms with Crippen LogP contribution in [0.3, 0.4) is 0 Å². The predicted octanol–water partition coefficient (Wildman–Crippen LogP) is 1.23. The molecule has 19 heavy (non-hydrogen) atoms. The van der Waals surface area contributed by atoms with E-state index in [1.165, 1.54) is 6.26 Å². The summed E-state index contributed by atoms with van der Waals surface area (Å²) >= 11 is 0.